The molecule has 440 valence electrons. The Morgan fingerprint density at radius 3 is 2.25 bits per heavy atom. The molecule has 20 nitrogen and oxygen atoms in total. The number of aliphatic hydroxyl groups is 1. The van der Waals surface area contributed by atoms with Crippen LogP contribution in [0.1, 0.15) is 120 Å². The number of amides is 5. The van der Waals surface area contributed by atoms with Crippen LogP contribution in [0.25, 0.3) is 21.6 Å². The molecule has 21 heteroatoms. The van der Waals surface area contributed by atoms with E-state index in [1.807, 2.05) is 97.3 Å². The third kappa shape index (κ3) is 14.1. The standard InChI is InChI=1S/C62H78N12O8S/c1-10-73(47-19-25-82-26-20-47)52-29-46(28-49(39(52)4)57(77)63-31-50-37(2)27-38(3)65-58(50)78)44-13-11-42(12-14-44)32-70-21-23-71(24-22-70)60(80)51-34-72(69-68-51)35-54(76)67-56(62(7,8)9)61(81)74-33-48(75)30-53(74)59(79)66-40(5)43-15-17-45(18-16-43)55-41(6)64-36-83-55/h11-18,27-29,34,36,40,47-48,53,56,75H,10,19-26,30-33,35H2,1-9H3,(H,63,77)(H,65,78)(H,66,79)(H,67,76)/t40-,48-,53+,56-/m1/s1. The lowest BCUT2D eigenvalue weighted by atomic mass is 9.85. The minimum absolute atomic E-state index is 0.0537. The fraction of sp³-hybridized carbons (Fsp3) is 0.468. The number of ether oxygens (including phenoxy) is 1. The highest BCUT2D eigenvalue weighted by atomic mass is 32.1. The number of H-pyrrole nitrogens is 1. The second-order valence-electron chi connectivity index (χ2n) is 23.4. The number of aliphatic hydroxyl groups excluding tert-OH is 1. The molecule has 3 aliphatic rings. The van der Waals surface area contributed by atoms with Crippen LogP contribution in [-0.2, 0) is 38.8 Å². The van der Waals surface area contributed by atoms with Crippen LogP contribution < -0.4 is 26.4 Å². The minimum Gasteiger partial charge on any atom is -0.391 e. The summed E-state index contributed by atoms with van der Waals surface area (Å²) in [7, 11) is 0. The summed E-state index contributed by atoms with van der Waals surface area (Å²) in [4.78, 5) is 98.5. The zero-order valence-electron chi connectivity index (χ0n) is 49.1. The van der Waals surface area contributed by atoms with Gasteiger partial charge >= 0.3 is 0 Å². The van der Waals surface area contributed by atoms with Gasteiger partial charge in [0.25, 0.3) is 17.4 Å². The van der Waals surface area contributed by atoms with E-state index in [-0.39, 0.29) is 61.2 Å². The number of aryl methyl sites for hydroxylation is 3. The van der Waals surface area contributed by atoms with E-state index in [0.717, 1.165) is 80.3 Å². The van der Waals surface area contributed by atoms with Gasteiger partial charge < -0.3 is 45.5 Å². The maximum absolute atomic E-state index is 14.3. The van der Waals surface area contributed by atoms with E-state index in [9.17, 15) is 33.9 Å². The number of benzene rings is 3. The largest absolute Gasteiger partial charge is 0.391 e. The molecule has 3 fully saturated rings. The summed E-state index contributed by atoms with van der Waals surface area (Å²) in [6, 6.07) is 20.2. The van der Waals surface area contributed by atoms with Gasteiger partial charge in [0.2, 0.25) is 17.7 Å². The number of anilines is 1. The highest BCUT2D eigenvalue weighted by molar-refractivity contribution is 7.13. The molecule has 0 unspecified atom stereocenters. The molecular weight excluding hydrogens is 1070 g/mol. The maximum Gasteiger partial charge on any atom is 0.276 e. The predicted octanol–water partition coefficient (Wildman–Crippen LogP) is 6.25. The van der Waals surface area contributed by atoms with E-state index in [4.69, 9.17) is 4.74 Å². The summed E-state index contributed by atoms with van der Waals surface area (Å²) >= 11 is 1.56. The molecule has 3 aromatic carbocycles. The molecule has 6 aromatic rings. The number of β-amino-alcohol motifs (C(OH)–C–C–N with tert-alkyl or cyclic N) is 1. The molecule has 4 atom stereocenters. The molecule has 0 aliphatic carbocycles. The van der Waals surface area contributed by atoms with Crippen LogP contribution >= 0.6 is 11.3 Å². The Balaban J connectivity index is 0.786. The first kappa shape index (κ1) is 60.0. The highest BCUT2D eigenvalue weighted by Crippen LogP contribution is 2.35. The number of hydrogen-bond donors (Lipinski definition) is 5. The van der Waals surface area contributed by atoms with E-state index in [0.29, 0.717) is 57.1 Å². The number of pyridine rings is 1. The van der Waals surface area contributed by atoms with Crippen LogP contribution in [0, 0.1) is 33.1 Å². The molecule has 0 bridgehead atoms. The van der Waals surface area contributed by atoms with Crippen molar-refractivity contribution in [2.24, 2.45) is 5.41 Å². The van der Waals surface area contributed by atoms with E-state index in [1.54, 1.807) is 16.2 Å². The predicted molar refractivity (Wildman–Crippen MR) is 319 cm³/mol. The number of carbonyl (C=O) groups excluding carboxylic acids is 5. The Morgan fingerprint density at radius 2 is 1.60 bits per heavy atom. The van der Waals surface area contributed by atoms with E-state index >= 15 is 0 Å². The zero-order chi connectivity index (χ0) is 59.3. The van der Waals surface area contributed by atoms with Crippen LogP contribution in [0.2, 0.25) is 0 Å². The molecular formula is C62H78N12O8S. The average Bonchev–Trinajstić information content (AvgIpc) is 4.02. The van der Waals surface area contributed by atoms with Gasteiger partial charge in [-0.3, -0.25) is 33.7 Å². The number of likely N-dealkylation sites (tertiary alicyclic amines) is 1. The molecule has 9 rings (SSSR count). The lowest BCUT2D eigenvalue weighted by molar-refractivity contribution is -0.144. The summed E-state index contributed by atoms with van der Waals surface area (Å²) in [5.74, 6) is -1.99. The summed E-state index contributed by atoms with van der Waals surface area (Å²) in [5.41, 5.74) is 11.3. The number of thiazole rings is 1. The topological polar surface area (TPSA) is 240 Å². The van der Waals surface area contributed by atoms with Crippen molar-refractivity contribution in [2.75, 3.05) is 57.4 Å². The molecule has 83 heavy (non-hydrogen) atoms. The van der Waals surface area contributed by atoms with Crippen molar-refractivity contribution in [1.29, 1.82) is 0 Å². The van der Waals surface area contributed by atoms with Crippen LogP contribution in [-0.4, -0.2) is 151 Å². The molecule has 3 aliphatic heterocycles. The normalized spacial score (nSPS) is 17.7. The fourth-order valence-electron chi connectivity index (χ4n) is 11.6. The molecule has 5 amide bonds. The first-order valence-corrected chi connectivity index (χ1v) is 29.6. The van der Waals surface area contributed by atoms with Gasteiger partial charge in [0.1, 0.15) is 18.6 Å². The number of nitrogens with zero attached hydrogens (tertiary/aromatic N) is 8. The van der Waals surface area contributed by atoms with Crippen molar-refractivity contribution in [3.8, 4) is 21.6 Å². The van der Waals surface area contributed by atoms with Crippen molar-refractivity contribution in [2.45, 2.75) is 131 Å². The Labute approximate surface area is 489 Å². The Bertz CT molecular complexity index is 3370. The minimum atomic E-state index is -1.06. The molecule has 3 aromatic heterocycles. The van der Waals surface area contributed by atoms with Gasteiger partial charge in [-0.2, -0.15) is 0 Å². The van der Waals surface area contributed by atoms with Gasteiger partial charge in [0.05, 0.1) is 34.4 Å². The smallest absolute Gasteiger partial charge is 0.276 e. The van der Waals surface area contributed by atoms with Crippen molar-refractivity contribution in [3.05, 3.63) is 139 Å². The SMILES string of the molecule is CCN(c1cc(-c2ccc(CN3CCN(C(=O)c4cn(CC(=O)N[C@H](C(=O)N5C[C@H](O)C[C@H]5C(=O)N[C@H](C)c5ccc(-c6scnc6C)cc5)C(C)(C)C)nn4)CC3)cc2)cc(C(=O)NCc2c(C)cc(C)[nH]c2=O)c1C)C1CCOCC1. The van der Waals surface area contributed by atoms with Crippen LogP contribution in [0.4, 0.5) is 5.69 Å². The number of aromatic amines is 1. The highest BCUT2D eigenvalue weighted by Gasteiger charge is 2.45. The monoisotopic (exact) mass is 1150 g/mol. The second-order valence-corrected chi connectivity index (χ2v) is 24.2. The number of aromatic nitrogens is 5. The summed E-state index contributed by atoms with van der Waals surface area (Å²) in [6.45, 7) is 21.8. The number of carbonyl (C=O) groups is 5. The average molecular weight is 1150 g/mol. The number of nitrogens with one attached hydrogen (secondary N) is 4. The van der Waals surface area contributed by atoms with Gasteiger partial charge in [-0.25, -0.2) is 9.67 Å². The fourth-order valence-corrected chi connectivity index (χ4v) is 12.4. The van der Waals surface area contributed by atoms with Gasteiger partial charge in [-0.05, 0) is 117 Å². The van der Waals surface area contributed by atoms with Crippen LogP contribution in [0.5, 0.6) is 0 Å². The lowest BCUT2D eigenvalue weighted by Gasteiger charge is -2.37. The number of piperazine rings is 1. The first-order chi connectivity index (χ1) is 39.6. The van der Waals surface area contributed by atoms with Crippen LogP contribution in [0.15, 0.2) is 83.2 Å². The lowest BCUT2D eigenvalue weighted by Crippen LogP contribution is -2.58. The third-order valence-electron chi connectivity index (χ3n) is 16.3. The number of hydrogen-bond acceptors (Lipinski definition) is 14. The summed E-state index contributed by atoms with van der Waals surface area (Å²) in [5, 5.41) is 27.9. The molecule has 5 N–H and O–H groups in total. The van der Waals surface area contributed by atoms with Crippen molar-refractivity contribution in [3.63, 3.8) is 0 Å². The van der Waals surface area contributed by atoms with E-state index in [2.05, 4.69) is 83.3 Å². The Morgan fingerprint density at radius 1 is 0.904 bits per heavy atom. The second kappa shape index (κ2) is 25.9. The molecule has 6 heterocycles. The summed E-state index contributed by atoms with van der Waals surface area (Å²) < 4.78 is 6.98. The third-order valence-corrected chi connectivity index (χ3v) is 17.3. The summed E-state index contributed by atoms with van der Waals surface area (Å²) in [6.07, 6.45) is 2.35. The van der Waals surface area contributed by atoms with Gasteiger partial charge in [-0.1, -0.05) is 74.5 Å². The molecule has 0 spiro atoms. The van der Waals surface area contributed by atoms with Crippen molar-refractivity contribution >= 4 is 46.6 Å². The zero-order valence-corrected chi connectivity index (χ0v) is 49.9. The Kier molecular flexibility index (Phi) is 18.7. The molecule has 3 saturated heterocycles. The Hall–Kier alpha value is -7.59. The van der Waals surface area contributed by atoms with Crippen molar-refractivity contribution < 1.29 is 33.8 Å². The molecule has 0 radical (unpaired) electrons. The molecule has 0 saturated carbocycles. The van der Waals surface area contributed by atoms with E-state index in [1.165, 1.54) is 15.8 Å². The van der Waals surface area contributed by atoms with Gasteiger partial charge in [0.15, 0.2) is 5.69 Å². The van der Waals surface area contributed by atoms with E-state index < -0.39 is 41.3 Å². The van der Waals surface area contributed by atoms with Gasteiger partial charge in [-0.15, -0.1) is 16.4 Å². The number of rotatable bonds is 18. The maximum atomic E-state index is 14.3. The van der Waals surface area contributed by atoms with Crippen molar-refractivity contribution in [1.82, 2.24) is 55.6 Å². The quantitative estimate of drug-likeness (QED) is 0.0640. The van der Waals surface area contributed by atoms with Gasteiger partial charge in [0, 0.05) is 101 Å². The first-order valence-electron chi connectivity index (χ1n) is 28.7. The van der Waals surface area contributed by atoms with Crippen LogP contribution in [0.3, 0.4) is 0 Å².